The third-order valence-corrected chi connectivity index (χ3v) is 1.88. The van der Waals surface area contributed by atoms with Gasteiger partial charge in [0.05, 0.1) is 6.26 Å². The molecule has 0 aromatic rings. The van der Waals surface area contributed by atoms with Crippen LogP contribution in [0.15, 0.2) is 12.8 Å². The second kappa shape index (κ2) is 7.84. The Morgan fingerprint density at radius 3 is 2.07 bits per heavy atom. The fourth-order valence-electron chi connectivity index (χ4n) is 1.20. The highest BCUT2D eigenvalue weighted by Gasteiger charge is 2.13. The van der Waals surface area contributed by atoms with Crippen LogP contribution in [0.1, 0.15) is 26.2 Å². The molecule has 0 atom stereocenters. The fourth-order valence-corrected chi connectivity index (χ4v) is 1.20. The molecule has 0 aromatic carbocycles. The van der Waals surface area contributed by atoms with Crippen molar-refractivity contribution in [2.24, 2.45) is 0 Å². The summed E-state index contributed by atoms with van der Waals surface area (Å²) in [5.74, 6) is -0.329. The SMILES string of the molecule is C=COC(C)=O.O=C(O)N1CCCCC1. The van der Waals surface area contributed by atoms with Crippen molar-refractivity contribution < 1.29 is 19.4 Å². The van der Waals surface area contributed by atoms with Crippen LogP contribution in [-0.2, 0) is 9.53 Å². The molecule has 0 radical (unpaired) electrons. The topological polar surface area (TPSA) is 66.8 Å². The van der Waals surface area contributed by atoms with Crippen LogP contribution in [0.4, 0.5) is 4.79 Å². The molecular formula is C10H17NO4. The molecule has 0 aromatic heterocycles. The van der Waals surface area contributed by atoms with E-state index in [-0.39, 0.29) is 5.97 Å². The maximum absolute atomic E-state index is 10.3. The lowest BCUT2D eigenvalue weighted by Crippen LogP contribution is -2.34. The molecule has 0 spiro atoms. The molecule has 1 aliphatic heterocycles. The summed E-state index contributed by atoms with van der Waals surface area (Å²) < 4.78 is 4.17. The van der Waals surface area contributed by atoms with Crippen LogP contribution in [0.5, 0.6) is 0 Å². The highest BCUT2D eigenvalue weighted by Crippen LogP contribution is 2.07. The number of piperidine rings is 1. The second-order valence-corrected chi connectivity index (χ2v) is 3.11. The number of carbonyl (C=O) groups is 2. The quantitative estimate of drug-likeness (QED) is 0.535. The lowest BCUT2D eigenvalue weighted by molar-refractivity contribution is -0.135. The standard InChI is InChI=1S/C6H11NO2.C4H6O2/c8-6(9)7-4-2-1-3-5-7;1-3-6-4(2)5/h1-5H2,(H,8,9);3H,1H2,2H3. The zero-order valence-corrected chi connectivity index (χ0v) is 8.94. The monoisotopic (exact) mass is 215 g/mol. The van der Waals surface area contributed by atoms with Crippen LogP contribution < -0.4 is 0 Å². The third-order valence-electron chi connectivity index (χ3n) is 1.88. The zero-order chi connectivity index (χ0) is 11.7. The predicted molar refractivity (Wildman–Crippen MR) is 55.4 cm³/mol. The maximum Gasteiger partial charge on any atom is 0.407 e. The Kier molecular flexibility index (Phi) is 7.05. The van der Waals surface area contributed by atoms with E-state index in [1.165, 1.54) is 18.2 Å². The predicted octanol–water partition coefficient (Wildman–Crippen LogP) is 1.84. The molecule has 5 heteroatoms. The molecule has 1 N–H and O–H groups in total. The van der Waals surface area contributed by atoms with Crippen LogP contribution >= 0.6 is 0 Å². The molecule has 1 aliphatic rings. The van der Waals surface area contributed by atoms with Gasteiger partial charge in [0.25, 0.3) is 0 Å². The molecule has 1 fully saturated rings. The zero-order valence-electron chi connectivity index (χ0n) is 8.94. The second-order valence-electron chi connectivity index (χ2n) is 3.11. The van der Waals surface area contributed by atoms with Gasteiger partial charge in [-0.05, 0) is 19.3 Å². The molecular weight excluding hydrogens is 198 g/mol. The van der Waals surface area contributed by atoms with Gasteiger partial charge < -0.3 is 14.7 Å². The first-order chi connectivity index (χ1) is 7.07. The van der Waals surface area contributed by atoms with E-state index >= 15 is 0 Å². The Morgan fingerprint density at radius 2 is 1.87 bits per heavy atom. The van der Waals surface area contributed by atoms with Gasteiger partial charge in [0.15, 0.2) is 0 Å². The van der Waals surface area contributed by atoms with Gasteiger partial charge in [-0.3, -0.25) is 4.79 Å². The first-order valence-corrected chi connectivity index (χ1v) is 4.84. The van der Waals surface area contributed by atoms with Crippen molar-refractivity contribution in [3.8, 4) is 0 Å². The lowest BCUT2D eigenvalue weighted by atomic mass is 10.1. The smallest absolute Gasteiger partial charge is 0.407 e. The molecule has 1 heterocycles. The first kappa shape index (κ1) is 13.5. The molecule has 1 saturated heterocycles. The van der Waals surface area contributed by atoms with Crippen molar-refractivity contribution in [1.82, 2.24) is 4.90 Å². The molecule has 1 amide bonds. The van der Waals surface area contributed by atoms with E-state index in [0.717, 1.165) is 32.2 Å². The van der Waals surface area contributed by atoms with Gasteiger partial charge in [-0.1, -0.05) is 6.58 Å². The van der Waals surface area contributed by atoms with Gasteiger partial charge in [0.1, 0.15) is 0 Å². The van der Waals surface area contributed by atoms with Crippen molar-refractivity contribution in [2.75, 3.05) is 13.1 Å². The fraction of sp³-hybridized carbons (Fsp3) is 0.600. The highest BCUT2D eigenvalue weighted by atomic mass is 16.5. The average molecular weight is 215 g/mol. The van der Waals surface area contributed by atoms with Crippen molar-refractivity contribution in [3.63, 3.8) is 0 Å². The average Bonchev–Trinajstić information content (AvgIpc) is 2.20. The van der Waals surface area contributed by atoms with Crippen LogP contribution in [0.3, 0.4) is 0 Å². The normalized spacial score (nSPS) is 14.6. The van der Waals surface area contributed by atoms with Gasteiger partial charge in [0, 0.05) is 20.0 Å². The minimum atomic E-state index is -0.769. The Bertz CT molecular complexity index is 221. The first-order valence-electron chi connectivity index (χ1n) is 4.84. The summed E-state index contributed by atoms with van der Waals surface area (Å²) in [5.41, 5.74) is 0. The Hall–Kier alpha value is -1.52. The van der Waals surface area contributed by atoms with E-state index in [2.05, 4.69) is 11.3 Å². The molecule has 5 nitrogen and oxygen atoms in total. The number of carboxylic acid groups (broad SMARTS) is 1. The van der Waals surface area contributed by atoms with E-state index in [9.17, 15) is 9.59 Å². The number of likely N-dealkylation sites (tertiary alicyclic amines) is 1. The largest absolute Gasteiger partial charge is 0.465 e. The summed E-state index contributed by atoms with van der Waals surface area (Å²) in [4.78, 5) is 21.5. The molecule has 15 heavy (non-hydrogen) atoms. The van der Waals surface area contributed by atoms with E-state index in [0.29, 0.717) is 0 Å². The van der Waals surface area contributed by atoms with Crippen LogP contribution in [0, 0.1) is 0 Å². The summed E-state index contributed by atoms with van der Waals surface area (Å²) in [5, 5.41) is 8.46. The number of ether oxygens (including phenoxy) is 1. The van der Waals surface area contributed by atoms with Gasteiger partial charge >= 0.3 is 12.1 Å². The van der Waals surface area contributed by atoms with E-state index in [4.69, 9.17) is 5.11 Å². The van der Waals surface area contributed by atoms with E-state index in [1.807, 2.05) is 0 Å². The maximum atomic E-state index is 10.3. The summed E-state index contributed by atoms with van der Waals surface area (Å²) in [6.45, 7) is 5.94. The number of nitrogens with zero attached hydrogens (tertiary/aromatic N) is 1. The number of hydrogen-bond donors (Lipinski definition) is 1. The Labute approximate surface area is 89.3 Å². The molecule has 0 saturated carbocycles. The number of rotatable bonds is 1. The Balaban J connectivity index is 0.000000288. The van der Waals surface area contributed by atoms with E-state index < -0.39 is 6.09 Å². The Morgan fingerprint density at radius 1 is 1.33 bits per heavy atom. The summed E-state index contributed by atoms with van der Waals surface area (Å²) in [7, 11) is 0. The minimum Gasteiger partial charge on any atom is -0.465 e. The van der Waals surface area contributed by atoms with Crippen molar-refractivity contribution in [3.05, 3.63) is 12.8 Å². The highest BCUT2D eigenvalue weighted by molar-refractivity contribution is 5.66. The number of amides is 1. The van der Waals surface area contributed by atoms with Gasteiger partial charge in [-0.25, -0.2) is 4.79 Å². The number of esters is 1. The van der Waals surface area contributed by atoms with Crippen molar-refractivity contribution in [1.29, 1.82) is 0 Å². The van der Waals surface area contributed by atoms with E-state index in [1.54, 1.807) is 0 Å². The van der Waals surface area contributed by atoms with Gasteiger partial charge in [-0.15, -0.1) is 0 Å². The van der Waals surface area contributed by atoms with Crippen LogP contribution in [-0.4, -0.2) is 35.2 Å². The number of carbonyl (C=O) groups excluding carboxylic acids is 1. The van der Waals surface area contributed by atoms with Crippen LogP contribution in [0.2, 0.25) is 0 Å². The molecule has 0 bridgehead atoms. The van der Waals surface area contributed by atoms with Gasteiger partial charge in [0.2, 0.25) is 0 Å². The molecule has 1 rings (SSSR count). The number of hydrogen-bond acceptors (Lipinski definition) is 3. The summed E-state index contributed by atoms with van der Waals surface area (Å²) >= 11 is 0. The summed E-state index contributed by atoms with van der Waals surface area (Å²) in [6, 6.07) is 0. The van der Waals surface area contributed by atoms with Gasteiger partial charge in [-0.2, -0.15) is 0 Å². The van der Waals surface area contributed by atoms with Crippen molar-refractivity contribution >= 4 is 12.1 Å². The third kappa shape index (κ3) is 7.54. The minimum absolute atomic E-state index is 0.329. The molecule has 0 unspecified atom stereocenters. The molecule has 0 aliphatic carbocycles. The lowest BCUT2D eigenvalue weighted by Gasteiger charge is -2.22. The molecule has 86 valence electrons. The van der Waals surface area contributed by atoms with Crippen LogP contribution in [0.25, 0.3) is 0 Å². The van der Waals surface area contributed by atoms with Crippen molar-refractivity contribution in [2.45, 2.75) is 26.2 Å². The summed E-state index contributed by atoms with van der Waals surface area (Å²) in [6.07, 6.45) is 3.58.